The molecule has 0 bridgehead atoms. The minimum Gasteiger partial charge on any atom is -0.374 e. The number of hydrogen-bond acceptors (Lipinski definition) is 4. The molecule has 0 spiro atoms. The lowest BCUT2D eigenvalue weighted by Gasteiger charge is -2.30. The first-order valence-corrected chi connectivity index (χ1v) is 7.29. The summed E-state index contributed by atoms with van der Waals surface area (Å²) in [5.74, 6) is -0.871. The van der Waals surface area contributed by atoms with Crippen LogP contribution in [-0.4, -0.2) is 39.3 Å². The third-order valence-electron chi connectivity index (χ3n) is 3.51. The molecule has 1 aromatic heterocycles. The smallest absolute Gasteiger partial charge is 0.374 e. The van der Waals surface area contributed by atoms with E-state index in [1.54, 1.807) is 0 Å². The van der Waals surface area contributed by atoms with Crippen LogP contribution in [-0.2, 0) is 17.4 Å². The van der Waals surface area contributed by atoms with Crippen molar-refractivity contribution in [1.82, 2.24) is 14.9 Å². The molecule has 0 aliphatic heterocycles. The Morgan fingerprint density at radius 1 is 1.46 bits per heavy atom. The summed E-state index contributed by atoms with van der Waals surface area (Å²) in [7, 11) is 1.36. The Hall–Kier alpha value is -1.32. The minimum atomic E-state index is -4.92. The SMILES string of the molecule is CC(C)C[C@H](N)C(=O)NCCC(O)(c1nccn1C)C(F)(F)F.Cl. The van der Waals surface area contributed by atoms with E-state index in [4.69, 9.17) is 5.73 Å². The molecule has 4 N–H and O–H groups in total. The maximum absolute atomic E-state index is 13.3. The van der Waals surface area contributed by atoms with Crippen molar-refractivity contribution >= 4 is 18.3 Å². The largest absolute Gasteiger partial charge is 0.424 e. The van der Waals surface area contributed by atoms with Crippen molar-refractivity contribution in [3.8, 4) is 0 Å². The summed E-state index contributed by atoms with van der Waals surface area (Å²) >= 11 is 0. The third kappa shape index (κ3) is 5.35. The molecule has 1 amide bonds. The Bertz CT molecular complexity index is 536. The molecule has 0 saturated carbocycles. The van der Waals surface area contributed by atoms with Crippen LogP contribution >= 0.6 is 12.4 Å². The summed E-state index contributed by atoms with van der Waals surface area (Å²) in [5.41, 5.74) is 2.52. The minimum absolute atomic E-state index is 0. The normalized spacial score (nSPS) is 15.5. The van der Waals surface area contributed by atoms with Gasteiger partial charge in [-0.3, -0.25) is 4.79 Å². The predicted molar refractivity (Wildman–Crippen MR) is 85.5 cm³/mol. The highest BCUT2D eigenvalue weighted by molar-refractivity contribution is 5.85. The van der Waals surface area contributed by atoms with Gasteiger partial charge >= 0.3 is 6.18 Å². The standard InChI is InChI=1S/C14H23F3N4O2.ClH/c1-9(2)8-10(18)11(22)19-5-4-13(23,14(15,16)17)12-20-6-7-21(12)3;/h6-7,9-10,23H,4-5,8,18H2,1-3H3,(H,19,22);1H/t10-,13?;/m0./s1. The first-order chi connectivity index (χ1) is 10.5. The zero-order chi connectivity index (χ0) is 17.8. The molecule has 0 radical (unpaired) electrons. The van der Waals surface area contributed by atoms with Crippen LogP contribution in [0.5, 0.6) is 0 Å². The van der Waals surface area contributed by atoms with Crippen molar-refractivity contribution in [2.75, 3.05) is 6.54 Å². The van der Waals surface area contributed by atoms with Gasteiger partial charge in [0, 0.05) is 32.4 Å². The van der Waals surface area contributed by atoms with Gasteiger partial charge in [0.25, 0.3) is 0 Å². The van der Waals surface area contributed by atoms with E-state index in [9.17, 15) is 23.1 Å². The molecule has 140 valence electrons. The fraction of sp³-hybridized carbons (Fsp3) is 0.714. The second-order valence-corrected chi connectivity index (χ2v) is 6.00. The van der Waals surface area contributed by atoms with Crippen LogP contribution in [0.4, 0.5) is 13.2 Å². The zero-order valence-corrected chi connectivity index (χ0v) is 14.6. The van der Waals surface area contributed by atoms with E-state index in [1.807, 2.05) is 13.8 Å². The highest BCUT2D eigenvalue weighted by Gasteiger charge is 2.57. The van der Waals surface area contributed by atoms with Gasteiger partial charge in [0.05, 0.1) is 6.04 Å². The molecule has 10 heteroatoms. The van der Waals surface area contributed by atoms with Crippen LogP contribution in [0.15, 0.2) is 12.4 Å². The summed E-state index contributed by atoms with van der Waals surface area (Å²) < 4.78 is 40.9. The Kier molecular flexibility index (Phi) is 8.20. The van der Waals surface area contributed by atoms with Crippen molar-refractivity contribution in [3.63, 3.8) is 0 Å². The average Bonchev–Trinajstić information content (AvgIpc) is 2.82. The van der Waals surface area contributed by atoms with E-state index in [1.165, 1.54) is 19.4 Å². The van der Waals surface area contributed by atoms with Gasteiger partial charge in [-0.15, -0.1) is 12.4 Å². The molecule has 0 saturated heterocycles. The van der Waals surface area contributed by atoms with Gasteiger partial charge in [-0.05, 0) is 12.3 Å². The van der Waals surface area contributed by atoms with Crippen LogP contribution in [0.3, 0.4) is 0 Å². The van der Waals surface area contributed by atoms with Gasteiger partial charge in [0.15, 0.2) is 0 Å². The summed E-state index contributed by atoms with van der Waals surface area (Å²) in [4.78, 5) is 15.3. The summed E-state index contributed by atoms with van der Waals surface area (Å²) in [5, 5.41) is 12.4. The molecule has 24 heavy (non-hydrogen) atoms. The fourth-order valence-electron chi connectivity index (χ4n) is 2.26. The van der Waals surface area contributed by atoms with E-state index in [-0.39, 0.29) is 24.9 Å². The molecule has 1 rings (SSSR count). The Balaban J connectivity index is 0.00000529. The summed E-state index contributed by atoms with van der Waals surface area (Å²) in [6.07, 6.45) is -2.76. The number of amides is 1. The van der Waals surface area contributed by atoms with E-state index in [0.717, 1.165) is 4.57 Å². The van der Waals surface area contributed by atoms with Crippen LogP contribution in [0, 0.1) is 5.92 Å². The second kappa shape index (κ2) is 8.68. The van der Waals surface area contributed by atoms with E-state index in [0.29, 0.717) is 6.42 Å². The van der Waals surface area contributed by atoms with Gasteiger partial charge in [0.1, 0.15) is 5.82 Å². The molecule has 1 unspecified atom stereocenters. The number of nitrogens with two attached hydrogens (primary N) is 1. The summed E-state index contributed by atoms with van der Waals surface area (Å²) in [6.45, 7) is 3.40. The number of carbonyl (C=O) groups is 1. The van der Waals surface area contributed by atoms with Gasteiger partial charge in [0.2, 0.25) is 11.5 Å². The Morgan fingerprint density at radius 2 is 2.04 bits per heavy atom. The number of aryl methyl sites for hydroxylation is 1. The molecule has 1 heterocycles. The number of alkyl halides is 3. The lowest BCUT2D eigenvalue weighted by Crippen LogP contribution is -2.48. The number of nitrogens with zero attached hydrogens (tertiary/aromatic N) is 2. The van der Waals surface area contributed by atoms with Crippen molar-refractivity contribution < 1.29 is 23.1 Å². The Labute approximate surface area is 145 Å². The van der Waals surface area contributed by atoms with E-state index >= 15 is 0 Å². The molecule has 6 nitrogen and oxygen atoms in total. The molecule has 0 aliphatic rings. The first-order valence-electron chi connectivity index (χ1n) is 7.29. The van der Waals surface area contributed by atoms with Crippen molar-refractivity contribution in [2.45, 2.75) is 44.5 Å². The fourth-order valence-corrected chi connectivity index (χ4v) is 2.26. The van der Waals surface area contributed by atoms with E-state index in [2.05, 4.69) is 10.3 Å². The molecular weight excluding hydrogens is 349 g/mol. The molecule has 2 atom stereocenters. The number of imidazole rings is 1. The monoisotopic (exact) mass is 372 g/mol. The predicted octanol–water partition coefficient (Wildman–Crippen LogP) is 1.47. The van der Waals surface area contributed by atoms with Crippen LogP contribution in [0.2, 0.25) is 0 Å². The van der Waals surface area contributed by atoms with Gasteiger partial charge in [-0.25, -0.2) is 4.98 Å². The zero-order valence-electron chi connectivity index (χ0n) is 13.8. The van der Waals surface area contributed by atoms with Crippen LogP contribution in [0.25, 0.3) is 0 Å². The highest BCUT2D eigenvalue weighted by atomic mass is 35.5. The van der Waals surface area contributed by atoms with Crippen molar-refractivity contribution in [3.05, 3.63) is 18.2 Å². The highest BCUT2D eigenvalue weighted by Crippen LogP contribution is 2.40. The number of aliphatic hydroxyl groups is 1. The number of aromatic nitrogens is 2. The number of rotatable bonds is 7. The van der Waals surface area contributed by atoms with Gasteiger partial charge in [-0.1, -0.05) is 13.8 Å². The molecule has 0 aromatic carbocycles. The topological polar surface area (TPSA) is 93.2 Å². The van der Waals surface area contributed by atoms with Crippen LogP contribution < -0.4 is 11.1 Å². The average molecular weight is 373 g/mol. The number of halogens is 4. The third-order valence-corrected chi connectivity index (χ3v) is 3.51. The van der Waals surface area contributed by atoms with E-state index < -0.39 is 36.0 Å². The molecule has 1 aromatic rings. The number of nitrogens with one attached hydrogen (secondary N) is 1. The van der Waals surface area contributed by atoms with Crippen molar-refractivity contribution in [1.29, 1.82) is 0 Å². The Morgan fingerprint density at radius 3 is 2.46 bits per heavy atom. The van der Waals surface area contributed by atoms with Gasteiger partial charge in [-0.2, -0.15) is 13.2 Å². The summed E-state index contributed by atoms with van der Waals surface area (Å²) in [6, 6.07) is -0.790. The lowest BCUT2D eigenvalue weighted by atomic mass is 9.97. The number of hydrogen-bond donors (Lipinski definition) is 3. The quantitative estimate of drug-likeness (QED) is 0.675. The van der Waals surface area contributed by atoms with Crippen LogP contribution in [0.1, 0.15) is 32.5 Å². The molecular formula is C14H24ClF3N4O2. The van der Waals surface area contributed by atoms with Gasteiger partial charge < -0.3 is 20.7 Å². The molecule has 0 fully saturated rings. The first kappa shape index (κ1) is 22.7. The second-order valence-electron chi connectivity index (χ2n) is 6.00. The maximum atomic E-state index is 13.3. The van der Waals surface area contributed by atoms with Crippen molar-refractivity contribution in [2.24, 2.45) is 18.7 Å². The number of carbonyl (C=O) groups excluding carboxylic acids is 1. The molecule has 0 aliphatic carbocycles. The maximum Gasteiger partial charge on any atom is 0.424 e. The lowest BCUT2D eigenvalue weighted by molar-refractivity contribution is -0.272.